The van der Waals surface area contributed by atoms with E-state index >= 15 is 0 Å². The molecule has 0 saturated carbocycles. The smallest absolute Gasteiger partial charge is 0.0593 e. The highest BCUT2D eigenvalue weighted by atomic mass is 16.5. The lowest BCUT2D eigenvalue weighted by Gasteiger charge is -2.29. The first-order valence-electron chi connectivity index (χ1n) is 7.33. The molecule has 1 heterocycles. The maximum Gasteiger partial charge on any atom is 0.0593 e. The van der Waals surface area contributed by atoms with Gasteiger partial charge in [-0.05, 0) is 24.9 Å². The molecule has 1 aromatic rings. The molecule has 2 rings (SSSR count). The predicted molar refractivity (Wildman–Crippen MR) is 79.3 cm³/mol. The summed E-state index contributed by atoms with van der Waals surface area (Å²) in [5.74, 6) is 0.588. The minimum Gasteiger partial charge on any atom is -0.380 e. The fourth-order valence-corrected chi connectivity index (χ4v) is 2.93. The van der Waals surface area contributed by atoms with E-state index in [9.17, 15) is 0 Å². The Morgan fingerprint density at radius 1 is 1.21 bits per heavy atom. The van der Waals surface area contributed by atoms with Gasteiger partial charge in [-0.3, -0.25) is 0 Å². The fourth-order valence-electron chi connectivity index (χ4n) is 2.93. The molecule has 2 unspecified atom stereocenters. The van der Waals surface area contributed by atoms with Crippen LogP contribution in [-0.4, -0.2) is 44.8 Å². The number of hydrogen-bond acceptors (Lipinski definition) is 3. The Morgan fingerprint density at radius 3 is 2.74 bits per heavy atom. The molecular weight excluding hydrogens is 236 g/mol. The van der Waals surface area contributed by atoms with Crippen LogP contribution in [0.15, 0.2) is 30.3 Å². The lowest BCUT2D eigenvalue weighted by Crippen LogP contribution is -2.36. The van der Waals surface area contributed by atoms with Gasteiger partial charge in [-0.15, -0.1) is 0 Å². The molecule has 1 aliphatic rings. The standard InChI is InChI=1S/C16H26N2O/c1-14(13-18-9-6-11-19-12-10-18)16(17-2)15-7-4-3-5-8-15/h3-5,7-8,14,16-17H,6,9-13H2,1-2H3. The van der Waals surface area contributed by atoms with Gasteiger partial charge in [0.25, 0.3) is 0 Å². The maximum absolute atomic E-state index is 5.52. The Morgan fingerprint density at radius 2 is 2.00 bits per heavy atom. The third-order valence-electron chi connectivity index (χ3n) is 3.90. The zero-order chi connectivity index (χ0) is 13.5. The lowest BCUT2D eigenvalue weighted by atomic mass is 9.94. The van der Waals surface area contributed by atoms with Crippen molar-refractivity contribution in [2.45, 2.75) is 19.4 Å². The minimum atomic E-state index is 0.422. The van der Waals surface area contributed by atoms with Gasteiger partial charge < -0.3 is 15.0 Å². The molecule has 2 atom stereocenters. The summed E-state index contributed by atoms with van der Waals surface area (Å²) < 4.78 is 5.52. The number of hydrogen-bond donors (Lipinski definition) is 1. The molecule has 0 aliphatic carbocycles. The first-order valence-corrected chi connectivity index (χ1v) is 7.33. The highest BCUT2D eigenvalue weighted by molar-refractivity contribution is 5.19. The van der Waals surface area contributed by atoms with Crippen LogP contribution in [-0.2, 0) is 4.74 Å². The summed E-state index contributed by atoms with van der Waals surface area (Å²) in [6.45, 7) is 7.48. The molecule has 1 fully saturated rings. The average molecular weight is 262 g/mol. The largest absolute Gasteiger partial charge is 0.380 e. The van der Waals surface area contributed by atoms with Crippen molar-refractivity contribution in [3.05, 3.63) is 35.9 Å². The summed E-state index contributed by atoms with van der Waals surface area (Å²) in [7, 11) is 2.06. The van der Waals surface area contributed by atoms with Crippen molar-refractivity contribution in [1.82, 2.24) is 10.2 Å². The molecule has 0 radical (unpaired) electrons. The normalized spacial score (nSPS) is 20.7. The summed E-state index contributed by atoms with van der Waals surface area (Å²) in [6.07, 6.45) is 1.16. The van der Waals surface area contributed by atoms with E-state index in [4.69, 9.17) is 4.74 Å². The second-order valence-electron chi connectivity index (χ2n) is 5.42. The second-order valence-corrected chi connectivity index (χ2v) is 5.42. The molecule has 106 valence electrons. The van der Waals surface area contributed by atoms with Gasteiger partial charge >= 0.3 is 0 Å². The summed E-state index contributed by atoms with van der Waals surface area (Å²) in [6, 6.07) is 11.2. The van der Waals surface area contributed by atoms with Crippen molar-refractivity contribution < 1.29 is 4.74 Å². The van der Waals surface area contributed by atoms with Crippen LogP contribution in [0, 0.1) is 5.92 Å². The Bertz CT molecular complexity index is 347. The third-order valence-corrected chi connectivity index (χ3v) is 3.90. The monoisotopic (exact) mass is 262 g/mol. The van der Waals surface area contributed by atoms with Gasteiger partial charge in [-0.2, -0.15) is 0 Å². The Kier molecular flexibility index (Phi) is 5.83. The zero-order valence-corrected chi connectivity index (χ0v) is 12.1. The highest BCUT2D eigenvalue weighted by Crippen LogP contribution is 2.22. The SMILES string of the molecule is CNC(c1ccccc1)C(C)CN1CCCOCC1. The van der Waals surface area contributed by atoms with E-state index in [-0.39, 0.29) is 0 Å². The van der Waals surface area contributed by atoms with Crippen molar-refractivity contribution in [3.63, 3.8) is 0 Å². The van der Waals surface area contributed by atoms with E-state index in [1.54, 1.807) is 0 Å². The molecule has 0 amide bonds. The van der Waals surface area contributed by atoms with Crippen molar-refractivity contribution in [2.75, 3.05) is 39.9 Å². The molecule has 0 bridgehead atoms. The third kappa shape index (κ3) is 4.30. The molecule has 1 N–H and O–H groups in total. The fraction of sp³-hybridized carbons (Fsp3) is 0.625. The van der Waals surface area contributed by atoms with E-state index in [0.717, 1.165) is 39.3 Å². The maximum atomic E-state index is 5.52. The van der Waals surface area contributed by atoms with Crippen LogP contribution in [0.25, 0.3) is 0 Å². The van der Waals surface area contributed by atoms with Crippen molar-refractivity contribution in [2.24, 2.45) is 5.92 Å². The molecule has 1 aliphatic heterocycles. The van der Waals surface area contributed by atoms with Crippen LogP contribution < -0.4 is 5.32 Å². The highest BCUT2D eigenvalue weighted by Gasteiger charge is 2.20. The van der Waals surface area contributed by atoms with E-state index < -0.39 is 0 Å². The van der Waals surface area contributed by atoms with Crippen molar-refractivity contribution >= 4 is 0 Å². The Labute approximate surface area is 116 Å². The summed E-state index contributed by atoms with van der Waals surface area (Å²) in [5, 5.41) is 3.47. The molecule has 1 aromatic carbocycles. The van der Waals surface area contributed by atoms with Crippen molar-refractivity contribution in [1.29, 1.82) is 0 Å². The van der Waals surface area contributed by atoms with Gasteiger partial charge in [0.1, 0.15) is 0 Å². The quantitative estimate of drug-likeness (QED) is 0.881. The van der Waals surface area contributed by atoms with Gasteiger partial charge in [0.15, 0.2) is 0 Å². The Balaban J connectivity index is 1.94. The summed E-state index contributed by atoms with van der Waals surface area (Å²) in [4.78, 5) is 2.53. The van der Waals surface area contributed by atoms with Crippen LogP contribution in [0.2, 0.25) is 0 Å². The van der Waals surface area contributed by atoms with E-state index in [2.05, 4.69) is 54.5 Å². The summed E-state index contributed by atoms with van der Waals surface area (Å²) in [5.41, 5.74) is 1.38. The lowest BCUT2D eigenvalue weighted by molar-refractivity contribution is 0.137. The first-order chi connectivity index (χ1) is 9.31. The average Bonchev–Trinajstić information content (AvgIpc) is 2.69. The molecule has 3 nitrogen and oxygen atoms in total. The minimum absolute atomic E-state index is 0.422. The van der Waals surface area contributed by atoms with Gasteiger partial charge in [0.2, 0.25) is 0 Å². The molecule has 1 saturated heterocycles. The first kappa shape index (κ1) is 14.5. The second kappa shape index (κ2) is 7.63. The van der Waals surface area contributed by atoms with Crippen LogP contribution >= 0.6 is 0 Å². The van der Waals surface area contributed by atoms with Gasteiger partial charge in [-0.1, -0.05) is 37.3 Å². The van der Waals surface area contributed by atoms with Gasteiger partial charge in [0.05, 0.1) is 6.61 Å². The number of nitrogens with zero attached hydrogens (tertiary/aromatic N) is 1. The molecule has 0 aromatic heterocycles. The van der Waals surface area contributed by atoms with Crippen LogP contribution in [0.3, 0.4) is 0 Å². The van der Waals surface area contributed by atoms with E-state index in [1.807, 2.05) is 0 Å². The van der Waals surface area contributed by atoms with Gasteiger partial charge in [-0.25, -0.2) is 0 Å². The number of nitrogens with one attached hydrogen (secondary N) is 1. The predicted octanol–water partition coefficient (Wildman–Crippen LogP) is 2.31. The van der Waals surface area contributed by atoms with E-state index in [1.165, 1.54) is 5.56 Å². The van der Waals surface area contributed by atoms with Crippen LogP contribution in [0.5, 0.6) is 0 Å². The van der Waals surface area contributed by atoms with Crippen LogP contribution in [0.4, 0.5) is 0 Å². The van der Waals surface area contributed by atoms with Gasteiger partial charge in [0, 0.05) is 32.3 Å². The number of rotatable bonds is 5. The molecule has 0 spiro atoms. The van der Waals surface area contributed by atoms with Crippen molar-refractivity contribution in [3.8, 4) is 0 Å². The van der Waals surface area contributed by atoms with Crippen LogP contribution in [0.1, 0.15) is 24.9 Å². The zero-order valence-electron chi connectivity index (χ0n) is 12.1. The molecular formula is C16H26N2O. The number of benzene rings is 1. The topological polar surface area (TPSA) is 24.5 Å². The van der Waals surface area contributed by atoms with E-state index in [0.29, 0.717) is 12.0 Å². The molecule has 19 heavy (non-hydrogen) atoms. The molecule has 3 heteroatoms. The summed E-state index contributed by atoms with van der Waals surface area (Å²) >= 11 is 0. The Hall–Kier alpha value is -0.900. The number of ether oxygens (including phenoxy) is 1.